The van der Waals surface area contributed by atoms with E-state index >= 15 is 0 Å². The smallest absolute Gasteiger partial charge is 0.0314 e. The van der Waals surface area contributed by atoms with Gasteiger partial charge in [-0.3, -0.25) is 0 Å². The summed E-state index contributed by atoms with van der Waals surface area (Å²) in [4.78, 5) is 0. The van der Waals surface area contributed by atoms with E-state index < -0.39 is 0 Å². The van der Waals surface area contributed by atoms with Crippen LogP contribution >= 0.6 is 0 Å². The van der Waals surface area contributed by atoms with E-state index in [0.717, 1.165) is 30.6 Å². The van der Waals surface area contributed by atoms with E-state index in [0.29, 0.717) is 11.8 Å². The second kappa shape index (κ2) is 14.6. The molecule has 2 heteroatoms. The summed E-state index contributed by atoms with van der Waals surface area (Å²) in [6.07, 6.45) is 10.6. The van der Waals surface area contributed by atoms with Crippen LogP contribution in [0.25, 0.3) is 0 Å². The van der Waals surface area contributed by atoms with Crippen LogP contribution < -0.4 is 11.5 Å². The minimum atomic E-state index is 0.438. The fraction of sp³-hybridized carbons (Fsp3) is 0.351. The molecule has 0 fully saturated rings. The first kappa shape index (κ1) is 28.5. The molecular formula is C37H46N2. The van der Waals surface area contributed by atoms with Crippen molar-refractivity contribution < 1.29 is 0 Å². The van der Waals surface area contributed by atoms with Crippen LogP contribution in [-0.4, -0.2) is 0 Å². The second-order valence-electron chi connectivity index (χ2n) is 11.1. The summed E-state index contributed by atoms with van der Waals surface area (Å²) in [6, 6.07) is 35.6. The Morgan fingerprint density at radius 1 is 0.436 bits per heavy atom. The maximum atomic E-state index is 5.94. The number of aryl methyl sites for hydroxylation is 2. The highest BCUT2D eigenvalue weighted by Gasteiger charge is 2.15. The van der Waals surface area contributed by atoms with E-state index in [4.69, 9.17) is 11.5 Å². The number of nitrogens with two attached hydrogens (primary N) is 2. The van der Waals surface area contributed by atoms with Crippen molar-refractivity contribution in [2.24, 2.45) is 0 Å². The van der Waals surface area contributed by atoms with Crippen LogP contribution in [-0.2, 0) is 12.8 Å². The van der Waals surface area contributed by atoms with Crippen LogP contribution in [0.5, 0.6) is 0 Å². The first-order valence-electron chi connectivity index (χ1n) is 15.0. The predicted octanol–water partition coefficient (Wildman–Crippen LogP) is 9.67. The van der Waals surface area contributed by atoms with Gasteiger partial charge in [-0.25, -0.2) is 0 Å². The van der Waals surface area contributed by atoms with Crippen LogP contribution in [0.4, 0.5) is 11.4 Å². The second-order valence-corrected chi connectivity index (χ2v) is 11.1. The van der Waals surface area contributed by atoms with Crippen LogP contribution in [0.3, 0.4) is 0 Å². The molecule has 0 aliphatic heterocycles. The molecule has 0 bridgehead atoms. The summed E-state index contributed by atoms with van der Waals surface area (Å²) in [5.41, 5.74) is 21.9. The van der Waals surface area contributed by atoms with Gasteiger partial charge in [0.25, 0.3) is 0 Å². The number of rotatable bonds is 14. The quantitative estimate of drug-likeness (QED) is 0.163. The Labute approximate surface area is 236 Å². The average molecular weight is 519 g/mol. The molecule has 204 valence electrons. The Morgan fingerprint density at radius 3 is 1.05 bits per heavy atom. The molecule has 0 aromatic heterocycles. The van der Waals surface area contributed by atoms with E-state index in [2.05, 4.69) is 86.6 Å². The molecule has 0 heterocycles. The van der Waals surface area contributed by atoms with Gasteiger partial charge < -0.3 is 11.5 Å². The molecule has 0 aliphatic carbocycles. The molecule has 39 heavy (non-hydrogen) atoms. The van der Waals surface area contributed by atoms with Gasteiger partial charge in [0.1, 0.15) is 0 Å². The van der Waals surface area contributed by atoms with Crippen molar-refractivity contribution in [1.82, 2.24) is 0 Å². The SMILES string of the molecule is CCCCC(c1ccc(N)cc1)c1ccc(CCCc2ccc(C(CCCC)c3ccc(N)cc3)cc2)cc1. The van der Waals surface area contributed by atoms with Crippen LogP contribution in [0, 0.1) is 0 Å². The summed E-state index contributed by atoms with van der Waals surface area (Å²) in [6.45, 7) is 4.53. The summed E-state index contributed by atoms with van der Waals surface area (Å²) in [5, 5.41) is 0. The Morgan fingerprint density at radius 2 is 0.744 bits per heavy atom. The summed E-state index contributed by atoms with van der Waals surface area (Å²) in [5.74, 6) is 0.875. The van der Waals surface area contributed by atoms with Crippen molar-refractivity contribution in [3.8, 4) is 0 Å². The fourth-order valence-corrected chi connectivity index (χ4v) is 5.65. The van der Waals surface area contributed by atoms with Crippen molar-refractivity contribution in [2.75, 3.05) is 11.5 Å². The molecule has 0 spiro atoms. The Hall–Kier alpha value is -3.52. The molecule has 2 unspecified atom stereocenters. The predicted molar refractivity (Wildman–Crippen MR) is 169 cm³/mol. The first-order valence-corrected chi connectivity index (χ1v) is 15.0. The van der Waals surface area contributed by atoms with Gasteiger partial charge in [0.15, 0.2) is 0 Å². The molecule has 4 aromatic carbocycles. The largest absolute Gasteiger partial charge is 0.399 e. The summed E-state index contributed by atoms with van der Waals surface area (Å²) < 4.78 is 0. The third-order valence-electron chi connectivity index (χ3n) is 8.07. The Bertz CT molecular complexity index is 1140. The minimum absolute atomic E-state index is 0.438. The van der Waals surface area contributed by atoms with Crippen LogP contribution in [0.15, 0.2) is 97.1 Å². The number of hydrogen-bond donors (Lipinski definition) is 2. The highest BCUT2D eigenvalue weighted by atomic mass is 14.5. The van der Waals surface area contributed by atoms with Gasteiger partial charge in [0.2, 0.25) is 0 Å². The third kappa shape index (κ3) is 8.23. The zero-order chi connectivity index (χ0) is 27.5. The van der Waals surface area contributed by atoms with Crippen molar-refractivity contribution in [3.05, 3.63) is 130 Å². The number of nitrogen functional groups attached to an aromatic ring is 2. The van der Waals surface area contributed by atoms with Crippen molar-refractivity contribution >= 4 is 11.4 Å². The standard InChI is InChI=1S/C37H46N2/c1-3-5-10-36(32-20-24-34(38)25-21-32)30-16-12-28(13-17-30)8-7-9-29-14-18-31(19-15-29)37(11-6-4-2)33-22-26-35(39)27-23-33/h12-27,36-37H,3-11,38-39H2,1-2H3. The lowest BCUT2D eigenvalue weighted by atomic mass is 9.86. The summed E-state index contributed by atoms with van der Waals surface area (Å²) in [7, 11) is 0. The van der Waals surface area contributed by atoms with Gasteiger partial charge in [0, 0.05) is 23.2 Å². The number of benzene rings is 4. The molecule has 0 aliphatic rings. The van der Waals surface area contributed by atoms with E-state index in [9.17, 15) is 0 Å². The molecule has 0 saturated heterocycles. The maximum Gasteiger partial charge on any atom is 0.0314 e. The minimum Gasteiger partial charge on any atom is -0.399 e. The highest BCUT2D eigenvalue weighted by molar-refractivity contribution is 5.44. The highest BCUT2D eigenvalue weighted by Crippen LogP contribution is 2.32. The zero-order valence-electron chi connectivity index (χ0n) is 23.9. The third-order valence-corrected chi connectivity index (χ3v) is 8.07. The van der Waals surface area contributed by atoms with Gasteiger partial charge in [-0.1, -0.05) is 112 Å². The van der Waals surface area contributed by atoms with Crippen molar-refractivity contribution in [2.45, 2.75) is 83.5 Å². The van der Waals surface area contributed by atoms with Crippen molar-refractivity contribution in [3.63, 3.8) is 0 Å². The number of anilines is 2. The molecule has 0 saturated carbocycles. The van der Waals surface area contributed by atoms with Gasteiger partial charge in [-0.05, 0) is 89.8 Å². The summed E-state index contributed by atoms with van der Waals surface area (Å²) >= 11 is 0. The topological polar surface area (TPSA) is 52.0 Å². The fourth-order valence-electron chi connectivity index (χ4n) is 5.65. The Kier molecular flexibility index (Phi) is 10.7. The van der Waals surface area contributed by atoms with Crippen molar-refractivity contribution in [1.29, 1.82) is 0 Å². The monoisotopic (exact) mass is 518 g/mol. The lowest BCUT2D eigenvalue weighted by Crippen LogP contribution is -2.02. The van der Waals surface area contributed by atoms with Gasteiger partial charge in [0.05, 0.1) is 0 Å². The molecule has 2 atom stereocenters. The molecule has 4 aromatic rings. The molecular weight excluding hydrogens is 472 g/mol. The zero-order valence-corrected chi connectivity index (χ0v) is 23.9. The maximum absolute atomic E-state index is 5.94. The lowest BCUT2D eigenvalue weighted by Gasteiger charge is -2.19. The normalized spacial score (nSPS) is 12.8. The Balaban J connectivity index is 1.35. The van der Waals surface area contributed by atoms with Crippen LogP contribution in [0.2, 0.25) is 0 Å². The average Bonchev–Trinajstić information content (AvgIpc) is 2.96. The molecule has 4 N–H and O–H groups in total. The van der Waals surface area contributed by atoms with Gasteiger partial charge in [-0.15, -0.1) is 0 Å². The molecule has 4 rings (SSSR count). The molecule has 0 radical (unpaired) electrons. The number of unbranched alkanes of at least 4 members (excludes halogenated alkanes) is 2. The first-order chi connectivity index (χ1) is 19.1. The van der Waals surface area contributed by atoms with E-state index in [1.54, 1.807) is 0 Å². The van der Waals surface area contributed by atoms with E-state index in [1.165, 1.54) is 71.9 Å². The van der Waals surface area contributed by atoms with E-state index in [1.807, 2.05) is 24.3 Å². The van der Waals surface area contributed by atoms with E-state index in [-0.39, 0.29) is 0 Å². The lowest BCUT2D eigenvalue weighted by molar-refractivity contribution is 0.650. The van der Waals surface area contributed by atoms with Gasteiger partial charge >= 0.3 is 0 Å². The molecule has 0 amide bonds. The van der Waals surface area contributed by atoms with Crippen LogP contribution in [0.1, 0.15) is 104 Å². The van der Waals surface area contributed by atoms with Gasteiger partial charge in [-0.2, -0.15) is 0 Å². The number of hydrogen-bond acceptors (Lipinski definition) is 2. The molecule has 2 nitrogen and oxygen atoms in total.